The third-order valence-corrected chi connectivity index (χ3v) is 2.89. The largest absolute Gasteiger partial charge is 0.399 e. The van der Waals surface area contributed by atoms with Crippen LogP contribution in [0.3, 0.4) is 0 Å². The van der Waals surface area contributed by atoms with Gasteiger partial charge in [-0.3, -0.25) is 0 Å². The highest BCUT2D eigenvalue weighted by molar-refractivity contribution is 7.98. The number of nitrogens with one attached hydrogen (secondary N) is 1. The molecule has 3 nitrogen and oxygen atoms in total. The molecule has 0 aliphatic carbocycles. The number of nitrogens with two attached hydrogens (primary N) is 1. The highest BCUT2D eigenvalue weighted by Gasteiger charge is 1.96. The fourth-order valence-corrected chi connectivity index (χ4v) is 1.75. The van der Waals surface area contributed by atoms with Crippen molar-refractivity contribution in [2.75, 3.05) is 17.3 Å². The van der Waals surface area contributed by atoms with Crippen molar-refractivity contribution in [2.24, 2.45) is 0 Å². The second-order valence-corrected chi connectivity index (χ2v) is 4.21. The average molecular weight is 231 g/mol. The van der Waals surface area contributed by atoms with Crippen LogP contribution in [0.2, 0.25) is 0 Å². The Morgan fingerprint density at radius 2 is 1.94 bits per heavy atom. The average Bonchev–Trinajstić information content (AvgIpc) is 2.30. The van der Waals surface area contributed by atoms with Gasteiger partial charge in [0.2, 0.25) is 0 Å². The molecule has 1 aromatic carbocycles. The van der Waals surface area contributed by atoms with E-state index in [0.717, 1.165) is 11.5 Å². The molecule has 16 heavy (non-hydrogen) atoms. The maximum absolute atomic E-state index is 5.67. The number of hydrogen-bond acceptors (Lipinski definition) is 4. The fourth-order valence-electron chi connectivity index (χ4n) is 1.34. The van der Waals surface area contributed by atoms with Crippen molar-refractivity contribution in [1.29, 1.82) is 0 Å². The normalized spacial score (nSPS) is 10.1. The van der Waals surface area contributed by atoms with Gasteiger partial charge < -0.3 is 11.1 Å². The molecule has 0 unspecified atom stereocenters. The van der Waals surface area contributed by atoms with E-state index in [9.17, 15) is 0 Å². The van der Waals surface area contributed by atoms with E-state index in [1.807, 2.05) is 18.2 Å². The van der Waals surface area contributed by atoms with Crippen LogP contribution in [0.1, 0.15) is 0 Å². The van der Waals surface area contributed by atoms with Crippen LogP contribution in [0.5, 0.6) is 0 Å². The van der Waals surface area contributed by atoms with Gasteiger partial charge in [0.15, 0.2) is 0 Å². The van der Waals surface area contributed by atoms with Crippen molar-refractivity contribution in [3.05, 3.63) is 42.6 Å². The molecule has 82 valence electrons. The molecular weight excluding hydrogens is 218 g/mol. The smallest absolute Gasteiger partial charge is 0.132 e. The van der Waals surface area contributed by atoms with Crippen molar-refractivity contribution in [3.8, 4) is 0 Å². The van der Waals surface area contributed by atoms with Gasteiger partial charge >= 0.3 is 0 Å². The second kappa shape index (κ2) is 4.90. The number of nitrogens with zero attached hydrogens (tertiary/aromatic N) is 1. The molecule has 0 radical (unpaired) electrons. The Labute approximate surface area is 99.1 Å². The van der Waals surface area contributed by atoms with Crippen LogP contribution in [0.25, 0.3) is 0 Å². The molecule has 2 rings (SSSR count). The highest BCUT2D eigenvalue weighted by atomic mass is 32.2. The molecule has 1 heterocycles. The summed E-state index contributed by atoms with van der Waals surface area (Å²) in [7, 11) is 0. The van der Waals surface area contributed by atoms with E-state index in [0.29, 0.717) is 5.69 Å². The zero-order chi connectivity index (χ0) is 11.4. The number of benzene rings is 1. The lowest BCUT2D eigenvalue weighted by atomic mass is 10.3. The molecule has 0 amide bonds. The van der Waals surface area contributed by atoms with Crippen LogP contribution in [0.4, 0.5) is 17.2 Å². The van der Waals surface area contributed by atoms with Gasteiger partial charge in [-0.2, -0.15) is 0 Å². The van der Waals surface area contributed by atoms with Gasteiger partial charge in [-0.15, -0.1) is 11.8 Å². The summed E-state index contributed by atoms with van der Waals surface area (Å²) in [6.45, 7) is 0. The maximum atomic E-state index is 5.67. The van der Waals surface area contributed by atoms with Gasteiger partial charge in [0.05, 0.1) is 0 Å². The predicted molar refractivity (Wildman–Crippen MR) is 70.2 cm³/mol. The van der Waals surface area contributed by atoms with Gasteiger partial charge in [0.1, 0.15) is 5.82 Å². The molecule has 0 aliphatic rings. The number of thioether (sulfide) groups is 1. The maximum Gasteiger partial charge on any atom is 0.132 e. The zero-order valence-electron chi connectivity index (χ0n) is 8.97. The number of anilines is 3. The van der Waals surface area contributed by atoms with Crippen LogP contribution in [-0.2, 0) is 0 Å². The van der Waals surface area contributed by atoms with E-state index in [2.05, 4.69) is 28.7 Å². The molecule has 4 heteroatoms. The minimum atomic E-state index is 0.707. The summed E-state index contributed by atoms with van der Waals surface area (Å²) < 4.78 is 0. The van der Waals surface area contributed by atoms with Crippen molar-refractivity contribution in [1.82, 2.24) is 4.98 Å². The van der Waals surface area contributed by atoms with E-state index in [-0.39, 0.29) is 0 Å². The molecule has 0 saturated carbocycles. The minimum Gasteiger partial charge on any atom is -0.399 e. The number of aromatic nitrogens is 1. The van der Waals surface area contributed by atoms with Crippen molar-refractivity contribution in [2.45, 2.75) is 4.90 Å². The second-order valence-electron chi connectivity index (χ2n) is 3.33. The quantitative estimate of drug-likeness (QED) is 0.797. The molecule has 0 bridgehead atoms. The molecule has 0 fully saturated rings. The minimum absolute atomic E-state index is 0.707. The standard InChI is InChI=1S/C12H13N3S/c1-16-11-4-2-10(3-5-11)15-12-8-9(13)6-7-14-12/h2-8H,1H3,(H3,13,14,15). The fraction of sp³-hybridized carbons (Fsp3) is 0.0833. The lowest BCUT2D eigenvalue weighted by molar-refractivity contribution is 1.31. The first kappa shape index (κ1) is 10.8. The number of pyridine rings is 1. The van der Waals surface area contributed by atoms with Gasteiger partial charge in [0, 0.05) is 28.5 Å². The molecule has 2 aromatic rings. The Bertz CT molecular complexity index is 468. The van der Waals surface area contributed by atoms with Gasteiger partial charge in [-0.25, -0.2) is 4.98 Å². The van der Waals surface area contributed by atoms with E-state index >= 15 is 0 Å². The van der Waals surface area contributed by atoms with E-state index in [4.69, 9.17) is 5.73 Å². The Hall–Kier alpha value is -1.68. The first-order chi connectivity index (χ1) is 7.78. The molecule has 0 atom stereocenters. The number of hydrogen-bond donors (Lipinski definition) is 2. The molecule has 0 saturated heterocycles. The van der Waals surface area contributed by atoms with Crippen LogP contribution < -0.4 is 11.1 Å². The first-order valence-electron chi connectivity index (χ1n) is 4.90. The number of rotatable bonds is 3. The topological polar surface area (TPSA) is 50.9 Å². The van der Waals surface area contributed by atoms with Crippen LogP contribution in [-0.4, -0.2) is 11.2 Å². The van der Waals surface area contributed by atoms with Gasteiger partial charge in [-0.1, -0.05) is 0 Å². The van der Waals surface area contributed by atoms with E-state index in [1.54, 1.807) is 24.0 Å². The monoisotopic (exact) mass is 231 g/mol. The Morgan fingerprint density at radius 3 is 2.56 bits per heavy atom. The lowest BCUT2D eigenvalue weighted by Gasteiger charge is -2.06. The SMILES string of the molecule is CSc1ccc(Nc2cc(N)ccn2)cc1. The summed E-state index contributed by atoms with van der Waals surface area (Å²) in [6, 6.07) is 11.8. The van der Waals surface area contributed by atoms with E-state index < -0.39 is 0 Å². The number of nitrogen functional groups attached to an aromatic ring is 1. The summed E-state index contributed by atoms with van der Waals surface area (Å²) >= 11 is 1.72. The first-order valence-corrected chi connectivity index (χ1v) is 6.13. The van der Waals surface area contributed by atoms with Crippen molar-refractivity contribution < 1.29 is 0 Å². The van der Waals surface area contributed by atoms with Crippen LogP contribution >= 0.6 is 11.8 Å². The molecule has 0 spiro atoms. The summed E-state index contributed by atoms with van der Waals surface area (Å²) in [4.78, 5) is 5.42. The molecular formula is C12H13N3S. The summed E-state index contributed by atoms with van der Waals surface area (Å²) in [5.74, 6) is 0.761. The van der Waals surface area contributed by atoms with Crippen LogP contribution in [0, 0.1) is 0 Å². The van der Waals surface area contributed by atoms with Gasteiger partial charge in [-0.05, 0) is 36.6 Å². The van der Waals surface area contributed by atoms with Gasteiger partial charge in [0.25, 0.3) is 0 Å². The predicted octanol–water partition coefficient (Wildman–Crippen LogP) is 3.13. The Balaban J connectivity index is 2.14. The lowest BCUT2D eigenvalue weighted by Crippen LogP contribution is -1.94. The molecule has 0 aliphatic heterocycles. The Kier molecular flexibility index (Phi) is 3.31. The van der Waals surface area contributed by atoms with E-state index in [1.165, 1.54) is 4.90 Å². The Morgan fingerprint density at radius 1 is 1.19 bits per heavy atom. The van der Waals surface area contributed by atoms with Crippen molar-refractivity contribution in [3.63, 3.8) is 0 Å². The highest BCUT2D eigenvalue weighted by Crippen LogP contribution is 2.20. The zero-order valence-corrected chi connectivity index (χ0v) is 9.79. The van der Waals surface area contributed by atoms with Crippen molar-refractivity contribution >= 4 is 29.0 Å². The molecule has 1 aromatic heterocycles. The summed E-state index contributed by atoms with van der Waals surface area (Å²) in [5.41, 5.74) is 7.39. The third-order valence-electron chi connectivity index (χ3n) is 2.15. The third kappa shape index (κ3) is 2.67. The molecule has 3 N–H and O–H groups in total. The summed E-state index contributed by atoms with van der Waals surface area (Å²) in [6.07, 6.45) is 3.75. The summed E-state index contributed by atoms with van der Waals surface area (Å²) in [5, 5.41) is 3.20. The van der Waals surface area contributed by atoms with Crippen LogP contribution in [0.15, 0.2) is 47.5 Å².